The summed E-state index contributed by atoms with van der Waals surface area (Å²) in [6.45, 7) is 2.73. The molecule has 1 aromatic heterocycles. The second-order valence-corrected chi connectivity index (χ2v) is 24.7. The number of nitrogens with one attached hydrogen (secondary N) is 13. The Morgan fingerprint density at radius 1 is 0.548 bits per heavy atom. The summed E-state index contributed by atoms with van der Waals surface area (Å²) < 4.78 is 0. The average molecular weight is 1470 g/mol. The van der Waals surface area contributed by atoms with E-state index in [0.29, 0.717) is 42.3 Å². The van der Waals surface area contributed by atoms with Gasteiger partial charge in [-0.1, -0.05) is 18.2 Å². The minimum absolute atomic E-state index is 0.0171. The summed E-state index contributed by atoms with van der Waals surface area (Å²) in [7, 11) is 0. The number of hydrogen-bond acceptors (Lipinski definition) is 22. The van der Waals surface area contributed by atoms with E-state index in [1.54, 1.807) is 30.5 Å². The standard InChI is InChI=1S/C61H91N21O22/c1-26(72-45(89)25-71-56(99)40-13-8-18-82(40)59(102)39(19-29-24-70-31-10-5-4-9-30(29)31)79-51(94)33(14-15-41(62)85)73-50(93)32-11-6-16-68-32)49(92)75-35(20-42(63)86)52(95)77-38(23-46(90)91)53(96)76-36(21-43(64)87)54(97)81-48(28(3)84)58(101)78-37(22-44(65)88)55(98)80-47(27(2)83)57(100)74-34(60(103)104)12-7-17-69-61(66)67/h4-5,9-10,24,26-28,32-40,47-48,68,70,83-84H,6-8,11-23,25H2,1-3H3,(H2,62,85)(H2,63,86)(H2,64,87)(H2,65,88)(H,71,99)(H,72,89)(H,73,93)(H,74,100)(H,75,92)(H,76,96)(H,77,95)(H,78,101)(H,79,94)(H,80,98)(H,81,97)(H,90,91)(H,103,104)(H4,66,67,69)/t26-,27+,28+,32-,33-,34-,35-,36-,37-,38-,39-,40-,47-,48-/m0/s1. The number of aliphatic imine (C=N–C) groups is 1. The number of benzene rings is 1. The number of aromatic amines is 1. The Hall–Kier alpha value is -11.6. The first-order valence-electron chi connectivity index (χ1n) is 32.8. The van der Waals surface area contributed by atoms with Crippen LogP contribution in [0.4, 0.5) is 0 Å². The molecule has 2 saturated heterocycles. The third-order valence-electron chi connectivity index (χ3n) is 16.2. The number of carboxylic acids is 2. The van der Waals surface area contributed by atoms with Gasteiger partial charge >= 0.3 is 11.9 Å². The van der Waals surface area contributed by atoms with E-state index in [-0.39, 0.29) is 57.6 Å². The van der Waals surface area contributed by atoms with E-state index in [9.17, 15) is 107 Å². The molecule has 29 N–H and O–H groups in total. The van der Waals surface area contributed by atoms with Gasteiger partial charge in [0, 0.05) is 43.0 Å². The van der Waals surface area contributed by atoms with Crippen LogP contribution in [0, 0.1) is 0 Å². The first-order valence-corrected chi connectivity index (χ1v) is 32.8. The van der Waals surface area contributed by atoms with E-state index in [0.717, 1.165) is 20.8 Å². The number of aliphatic hydroxyl groups excluding tert-OH is 2. The number of fused-ring (bicyclic) bond motifs is 1. The lowest BCUT2D eigenvalue weighted by Crippen LogP contribution is -2.63. The van der Waals surface area contributed by atoms with Gasteiger partial charge in [0.05, 0.1) is 50.5 Å². The van der Waals surface area contributed by atoms with Crippen molar-refractivity contribution in [2.75, 3.05) is 26.2 Å². The van der Waals surface area contributed by atoms with E-state index in [1.165, 1.54) is 4.90 Å². The molecule has 2 fully saturated rings. The molecule has 2 aliphatic rings. The molecule has 2 aliphatic heterocycles. The Labute approximate surface area is 592 Å². The minimum atomic E-state index is -2.26. The Kier molecular flexibility index (Phi) is 33.2. The monoisotopic (exact) mass is 1470 g/mol. The second kappa shape index (κ2) is 40.7. The van der Waals surface area contributed by atoms with Gasteiger partial charge in [-0.2, -0.15) is 0 Å². The molecular weight excluding hydrogens is 1380 g/mol. The largest absolute Gasteiger partial charge is 0.481 e. The maximum absolute atomic E-state index is 14.6. The third-order valence-corrected chi connectivity index (χ3v) is 16.2. The Morgan fingerprint density at radius 2 is 1.05 bits per heavy atom. The number of carbonyl (C=O) groups excluding carboxylic acids is 16. The van der Waals surface area contributed by atoms with Crippen LogP contribution < -0.4 is 98.2 Å². The number of amides is 16. The van der Waals surface area contributed by atoms with Crippen LogP contribution in [-0.4, -0.2) is 254 Å². The van der Waals surface area contributed by atoms with Crippen molar-refractivity contribution >= 4 is 123 Å². The summed E-state index contributed by atoms with van der Waals surface area (Å²) in [6, 6.07) is -13.4. The lowest BCUT2D eigenvalue weighted by molar-refractivity contribution is -0.143. The predicted molar refractivity (Wildman–Crippen MR) is 359 cm³/mol. The van der Waals surface area contributed by atoms with Crippen molar-refractivity contribution in [2.45, 2.75) is 189 Å². The van der Waals surface area contributed by atoms with Crippen LogP contribution in [0.2, 0.25) is 0 Å². The minimum Gasteiger partial charge on any atom is -0.481 e. The molecule has 104 heavy (non-hydrogen) atoms. The first kappa shape index (κ1) is 84.8. The number of aliphatic hydroxyl groups is 2. The SMILES string of the molecule is C[C@H](NC(=O)CNC(=O)[C@@H]1CCCN1C(=O)[C@H](Cc1c[nH]c2ccccc12)NC(=O)[C@H](CCC(N)=O)NC(=O)[C@@H]1CCCN1)C(=O)N[C@@H](CC(N)=O)C(=O)N[C@@H](CC(=O)O)C(=O)N[C@@H](CC(N)=O)C(=O)N[C@H](C(=O)N[C@@H](CC(N)=O)C(=O)N[C@H](C(=O)N[C@@H](CCCN=C(N)N)C(=O)O)[C@@H](C)O)[C@@H](C)O. The first-order chi connectivity index (χ1) is 48.9. The van der Waals surface area contributed by atoms with E-state index in [2.05, 4.69) is 47.2 Å². The number of nitrogens with zero attached hydrogens (tertiary/aromatic N) is 2. The molecular formula is C61H91N21O22. The molecule has 43 heteroatoms. The van der Waals surface area contributed by atoms with Crippen LogP contribution in [0.15, 0.2) is 35.5 Å². The van der Waals surface area contributed by atoms with Crippen molar-refractivity contribution < 1.29 is 107 Å². The van der Waals surface area contributed by atoms with Crippen LogP contribution >= 0.6 is 0 Å². The second-order valence-electron chi connectivity index (χ2n) is 24.7. The molecule has 0 radical (unpaired) electrons. The Bertz CT molecular complexity index is 3560. The number of aromatic nitrogens is 1. The van der Waals surface area contributed by atoms with E-state index in [1.807, 2.05) is 26.6 Å². The van der Waals surface area contributed by atoms with Crippen molar-refractivity contribution in [1.29, 1.82) is 0 Å². The number of hydrogen-bond donors (Lipinski definition) is 23. The Morgan fingerprint density at radius 3 is 1.55 bits per heavy atom. The highest BCUT2D eigenvalue weighted by Gasteiger charge is 2.42. The highest BCUT2D eigenvalue weighted by molar-refractivity contribution is 6.02. The molecule has 3 heterocycles. The van der Waals surface area contributed by atoms with Crippen molar-refractivity contribution in [2.24, 2.45) is 39.4 Å². The molecule has 2 aromatic rings. The number of nitrogens with two attached hydrogens (primary N) is 6. The van der Waals surface area contributed by atoms with Gasteiger partial charge < -0.3 is 129 Å². The van der Waals surface area contributed by atoms with Gasteiger partial charge in [-0.25, -0.2) is 4.79 Å². The topological polar surface area (TPSA) is 720 Å². The van der Waals surface area contributed by atoms with Gasteiger partial charge in [-0.15, -0.1) is 0 Å². The van der Waals surface area contributed by atoms with Crippen LogP contribution in [0.25, 0.3) is 10.9 Å². The molecule has 0 aliphatic carbocycles. The number of likely N-dealkylation sites (tertiary alicyclic amines) is 1. The number of para-hydroxylation sites is 1. The zero-order valence-corrected chi connectivity index (χ0v) is 57.0. The fraction of sp³-hybridized carbons (Fsp3) is 0.557. The lowest BCUT2D eigenvalue weighted by Gasteiger charge is -2.30. The van der Waals surface area contributed by atoms with E-state index < -0.39 is 223 Å². The summed E-state index contributed by atoms with van der Waals surface area (Å²) in [4.78, 5) is 245. The number of H-pyrrole nitrogens is 1. The number of carboxylic acid groups (broad SMARTS) is 2. The Balaban J connectivity index is 1.44. The normalized spacial score (nSPS) is 17.4. The summed E-state index contributed by atoms with van der Waals surface area (Å²) in [5.74, 6) is -22.1. The lowest BCUT2D eigenvalue weighted by atomic mass is 10.0. The number of rotatable bonds is 43. The number of carbonyl (C=O) groups is 18. The van der Waals surface area contributed by atoms with Gasteiger partial charge in [-0.05, 0) is 83.9 Å². The molecule has 14 atom stereocenters. The van der Waals surface area contributed by atoms with Crippen molar-refractivity contribution in [3.8, 4) is 0 Å². The van der Waals surface area contributed by atoms with Gasteiger partial charge in [0.25, 0.3) is 0 Å². The molecule has 1 aromatic carbocycles. The fourth-order valence-corrected chi connectivity index (χ4v) is 10.9. The molecule has 16 amide bonds. The van der Waals surface area contributed by atoms with Crippen molar-refractivity contribution in [3.05, 3.63) is 36.0 Å². The summed E-state index contributed by atoms with van der Waals surface area (Å²) in [6.07, 6.45) is -5.94. The molecule has 43 nitrogen and oxygen atoms in total. The molecule has 0 saturated carbocycles. The zero-order valence-electron chi connectivity index (χ0n) is 57.0. The smallest absolute Gasteiger partial charge is 0.326 e. The highest BCUT2D eigenvalue weighted by atomic mass is 16.4. The number of aliphatic carboxylic acids is 2. The molecule has 0 spiro atoms. The molecule has 0 bridgehead atoms. The zero-order chi connectivity index (χ0) is 77.8. The number of primary amides is 4. The summed E-state index contributed by atoms with van der Waals surface area (Å²) in [5.41, 5.74) is 33.3. The molecule has 572 valence electrons. The quantitative estimate of drug-likeness (QED) is 0.0167. The van der Waals surface area contributed by atoms with Crippen LogP contribution in [-0.2, 0) is 92.7 Å². The van der Waals surface area contributed by atoms with Crippen LogP contribution in [0.1, 0.15) is 103 Å². The number of guanidine groups is 1. The predicted octanol–water partition coefficient (Wildman–Crippen LogP) is -11.3. The van der Waals surface area contributed by atoms with Gasteiger partial charge in [0.2, 0.25) is 94.5 Å². The maximum Gasteiger partial charge on any atom is 0.326 e. The fourth-order valence-electron chi connectivity index (χ4n) is 10.9. The van der Waals surface area contributed by atoms with Gasteiger partial charge in [0.15, 0.2) is 5.96 Å². The van der Waals surface area contributed by atoms with Crippen molar-refractivity contribution in [3.63, 3.8) is 0 Å². The third kappa shape index (κ3) is 27.4. The van der Waals surface area contributed by atoms with E-state index in [4.69, 9.17) is 34.4 Å². The van der Waals surface area contributed by atoms with Crippen molar-refractivity contribution in [1.82, 2.24) is 73.7 Å². The highest BCUT2D eigenvalue weighted by Crippen LogP contribution is 2.24. The molecule has 0 unspecified atom stereocenters. The van der Waals surface area contributed by atoms with Gasteiger partial charge in [-0.3, -0.25) is 86.5 Å². The van der Waals surface area contributed by atoms with Gasteiger partial charge in [0.1, 0.15) is 66.5 Å². The summed E-state index contributed by atoms with van der Waals surface area (Å²) >= 11 is 0. The van der Waals surface area contributed by atoms with E-state index >= 15 is 0 Å². The molecule has 4 rings (SSSR count). The maximum atomic E-state index is 14.6. The average Bonchev–Trinajstić information content (AvgIpc) is 1.62. The van der Waals surface area contributed by atoms with Crippen LogP contribution in [0.3, 0.4) is 0 Å². The summed E-state index contributed by atoms with van der Waals surface area (Å²) in [5, 5.41) is 68.6. The van der Waals surface area contributed by atoms with Crippen LogP contribution in [0.5, 0.6) is 0 Å².